The molecule has 2 aromatic carbocycles. The van der Waals surface area contributed by atoms with E-state index in [1.54, 1.807) is 0 Å². The first kappa shape index (κ1) is 18.2. The summed E-state index contributed by atoms with van der Waals surface area (Å²) < 4.78 is 50.5. The SMILES string of the molecule is COC(=O)COc1ccc(S(=O)(=O)Nc2ccc(Br)cc2F)cc1. The smallest absolute Gasteiger partial charge is 0.343 e. The maximum absolute atomic E-state index is 13.7. The van der Waals surface area contributed by atoms with Crippen molar-refractivity contribution in [1.82, 2.24) is 0 Å². The molecule has 128 valence electrons. The van der Waals surface area contributed by atoms with Crippen molar-refractivity contribution in [2.45, 2.75) is 4.90 Å². The molecule has 2 aromatic rings. The zero-order valence-electron chi connectivity index (χ0n) is 12.5. The number of carbonyl (C=O) groups excluding carboxylic acids is 1. The number of rotatable bonds is 6. The summed E-state index contributed by atoms with van der Waals surface area (Å²) in [5.74, 6) is -0.959. The zero-order valence-corrected chi connectivity index (χ0v) is 14.9. The number of halogens is 2. The highest BCUT2D eigenvalue weighted by molar-refractivity contribution is 9.10. The number of benzene rings is 2. The van der Waals surface area contributed by atoms with Gasteiger partial charge in [0.1, 0.15) is 11.6 Å². The first-order valence-corrected chi connectivity index (χ1v) is 8.87. The van der Waals surface area contributed by atoms with Crippen molar-refractivity contribution in [2.75, 3.05) is 18.4 Å². The summed E-state index contributed by atoms with van der Waals surface area (Å²) in [6.45, 7) is -0.287. The lowest BCUT2D eigenvalue weighted by Crippen LogP contribution is -2.14. The number of hydrogen-bond donors (Lipinski definition) is 1. The van der Waals surface area contributed by atoms with E-state index in [4.69, 9.17) is 4.74 Å². The fourth-order valence-corrected chi connectivity index (χ4v) is 3.09. The van der Waals surface area contributed by atoms with Gasteiger partial charge < -0.3 is 9.47 Å². The van der Waals surface area contributed by atoms with Gasteiger partial charge in [-0.3, -0.25) is 4.72 Å². The van der Waals surface area contributed by atoms with Crippen LogP contribution in [-0.4, -0.2) is 28.1 Å². The summed E-state index contributed by atoms with van der Waals surface area (Å²) in [5, 5.41) is 0. The predicted octanol–water partition coefficient (Wildman–Crippen LogP) is 2.94. The van der Waals surface area contributed by atoms with Gasteiger partial charge in [0.2, 0.25) is 0 Å². The molecule has 0 heterocycles. The van der Waals surface area contributed by atoms with Gasteiger partial charge in [-0.15, -0.1) is 0 Å². The Hall–Kier alpha value is -2.13. The molecular weight excluding hydrogens is 405 g/mol. The number of nitrogens with one attached hydrogen (secondary N) is 1. The van der Waals surface area contributed by atoms with Crippen molar-refractivity contribution in [3.8, 4) is 5.75 Å². The number of hydrogen-bond acceptors (Lipinski definition) is 5. The summed E-state index contributed by atoms with van der Waals surface area (Å²) in [4.78, 5) is 10.9. The molecule has 0 saturated carbocycles. The lowest BCUT2D eigenvalue weighted by atomic mass is 10.3. The zero-order chi connectivity index (χ0) is 17.7. The molecule has 0 aromatic heterocycles. The van der Waals surface area contributed by atoms with Gasteiger partial charge in [0.25, 0.3) is 10.0 Å². The molecule has 0 aliphatic heterocycles. The molecule has 0 bridgehead atoms. The van der Waals surface area contributed by atoms with E-state index in [2.05, 4.69) is 25.4 Å². The number of carbonyl (C=O) groups is 1. The van der Waals surface area contributed by atoms with E-state index >= 15 is 0 Å². The maximum atomic E-state index is 13.7. The third-order valence-electron chi connectivity index (χ3n) is 2.89. The second kappa shape index (κ2) is 7.63. The fraction of sp³-hybridized carbons (Fsp3) is 0.133. The molecular formula is C15H13BrFNO5S. The predicted molar refractivity (Wildman–Crippen MR) is 88.9 cm³/mol. The van der Waals surface area contributed by atoms with Crippen LogP contribution >= 0.6 is 15.9 Å². The first-order chi connectivity index (χ1) is 11.3. The minimum absolute atomic E-state index is 0.0739. The van der Waals surface area contributed by atoms with Gasteiger partial charge in [-0.1, -0.05) is 15.9 Å². The molecule has 0 spiro atoms. The van der Waals surface area contributed by atoms with Crippen molar-refractivity contribution in [2.24, 2.45) is 0 Å². The molecule has 6 nitrogen and oxygen atoms in total. The van der Waals surface area contributed by atoms with E-state index in [1.165, 1.54) is 43.5 Å². The molecule has 0 fully saturated rings. The Morgan fingerprint density at radius 2 is 1.88 bits per heavy atom. The van der Waals surface area contributed by atoms with Gasteiger partial charge in [-0.25, -0.2) is 17.6 Å². The highest BCUT2D eigenvalue weighted by atomic mass is 79.9. The highest BCUT2D eigenvalue weighted by Crippen LogP contribution is 2.23. The van der Waals surface area contributed by atoms with Crippen LogP contribution in [0, 0.1) is 5.82 Å². The van der Waals surface area contributed by atoms with Crippen LogP contribution < -0.4 is 9.46 Å². The van der Waals surface area contributed by atoms with Gasteiger partial charge in [-0.05, 0) is 42.5 Å². The second-order valence-electron chi connectivity index (χ2n) is 4.57. The molecule has 0 radical (unpaired) electrons. The monoisotopic (exact) mass is 417 g/mol. The van der Waals surface area contributed by atoms with Crippen molar-refractivity contribution in [3.63, 3.8) is 0 Å². The van der Waals surface area contributed by atoms with Gasteiger partial charge in [0, 0.05) is 4.47 Å². The molecule has 0 saturated heterocycles. The quantitative estimate of drug-likeness (QED) is 0.730. The summed E-state index contributed by atoms with van der Waals surface area (Å²) in [5.41, 5.74) is -0.163. The molecule has 2 rings (SSSR count). The van der Waals surface area contributed by atoms with E-state index in [1.807, 2.05) is 0 Å². The van der Waals surface area contributed by atoms with Gasteiger partial charge in [0.05, 0.1) is 17.7 Å². The Morgan fingerprint density at radius 3 is 2.46 bits per heavy atom. The first-order valence-electron chi connectivity index (χ1n) is 6.59. The standard InChI is InChI=1S/C15H13BrFNO5S/c1-22-15(19)9-23-11-3-5-12(6-4-11)24(20,21)18-14-7-2-10(16)8-13(14)17/h2-8,18H,9H2,1H3. The van der Waals surface area contributed by atoms with Gasteiger partial charge in [-0.2, -0.15) is 0 Å². The molecule has 24 heavy (non-hydrogen) atoms. The normalized spacial score (nSPS) is 11.0. The van der Waals surface area contributed by atoms with E-state index in [0.29, 0.717) is 10.2 Å². The van der Waals surface area contributed by atoms with Crippen LogP contribution in [0.2, 0.25) is 0 Å². The average molecular weight is 418 g/mol. The topological polar surface area (TPSA) is 81.7 Å². The summed E-state index contributed by atoms with van der Waals surface area (Å²) in [6, 6.07) is 9.32. The summed E-state index contributed by atoms with van der Waals surface area (Å²) in [7, 11) is -2.72. The molecule has 0 aliphatic rings. The van der Waals surface area contributed by atoms with Crippen LogP contribution in [0.4, 0.5) is 10.1 Å². The van der Waals surface area contributed by atoms with Crippen LogP contribution in [-0.2, 0) is 19.6 Å². The Kier molecular flexibility index (Phi) is 5.79. The average Bonchev–Trinajstić information content (AvgIpc) is 2.55. The van der Waals surface area contributed by atoms with Crippen LogP contribution in [0.1, 0.15) is 0 Å². The maximum Gasteiger partial charge on any atom is 0.343 e. The summed E-state index contributed by atoms with van der Waals surface area (Å²) in [6.07, 6.45) is 0. The van der Waals surface area contributed by atoms with Gasteiger partial charge in [0.15, 0.2) is 6.61 Å². The minimum atomic E-state index is -3.95. The Bertz CT molecular complexity index is 839. The van der Waals surface area contributed by atoms with E-state index in [-0.39, 0.29) is 17.2 Å². The number of anilines is 1. The Labute approximate surface area is 146 Å². The van der Waals surface area contributed by atoms with Crippen molar-refractivity contribution in [1.29, 1.82) is 0 Å². The molecule has 0 aliphatic carbocycles. The van der Waals surface area contributed by atoms with E-state index < -0.39 is 21.8 Å². The van der Waals surface area contributed by atoms with E-state index in [0.717, 1.165) is 6.07 Å². The van der Waals surface area contributed by atoms with Gasteiger partial charge >= 0.3 is 5.97 Å². The number of methoxy groups -OCH3 is 1. The third-order valence-corrected chi connectivity index (χ3v) is 4.77. The molecule has 1 N–H and O–H groups in total. The van der Waals surface area contributed by atoms with Crippen LogP contribution in [0.5, 0.6) is 5.75 Å². The largest absolute Gasteiger partial charge is 0.482 e. The highest BCUT2D eigenvalue weighted by Gasteiger charge is 2.16. The van der Waals surface area contributed by atoms with E-state index in [9.17, 15) is 17.6 Å². The minimum Gasteiger partial charge on any atom is -0.482 e. The van der Waals surface area contributed by atoms with Crippen LogP contribution in [0.15, 0.2) is 51.8 Å². The Morgan fingerprint density at radius 1 is 1.21 bits per heavy atom. The lowest BCUT2D eigenvalue weighted by molar-refractivity contribution is -0.142. The summed E-state index contributed by atoms with van der Waals surface area (Å²) >= 11 is 3.09. The second-order valence-corrected chi connectivity index (χ2v) is 7.16. The number of esters is 1. The molecule has 9 heteroatoms. The van der Waals surface area contributed by atoms with Crippen molar-refractivity contribution in [3.05, 3.63) is 52.8 Å². The van der Waals surface area contributed by atoms with Crippen LogP contribution in [0.3, 0.4) is 0 Å². The van der Waals surface area contributed by atoms with Crippen molar-refractivity contribution >= 4 is 37.6 Å². The Balaban J connectivity index is 2.13. The molecule has 0 atom stereocenters. The van der Waals surface area contributed by atoms with Crippen molar-refractivity contribution < 1.29 is 27.1 Å². The number of sulfonamides is 1. The lowest BCUT2D eigenvalue weighted by Gasteiger charge is -2.10. The van der Waals surface area contributed by atoms with Crippen LogP contribution in [0.25, 0.3) is 0 Å². The molecule has 0 unspecified atom stereocenters. The fourth-order valence-electron chi connectivity index (χ4n) is 1.69. The third kappa shape index (κ3) is 4.68. The number of ether oxygens (including phenoxy) is 2. The molecule has 0 amide bonds.